The monoisotopic (exact) mass is 394 g/mol. The third-order valence-corrected chi connectivity index (χ3v) is 4.64. The molecule has 2 unspecified atom stereocenters. The van der Waals surface area contributed by atoms with Crippen molar-refractivity contribution >= 4 is 29.9 Å². The largest absolute Gasteiger partial charge is 0.378 e. The van der Waals surface area contributed by atoms with Gasteiger partial charge in [-0.05, 0) is 35.7 Å². The lowest BCUT2D eigenvalue weighted by molar-refractivity contribution is -0.122. The molecule has 1 fully saturated rings. The second kappa shape index (κ2) is 9.93. The van der Waals surface area contributed by atoms with Gasteiger partial charge in [-0.25, -0.2) is 0 Å². The first kappa shape index (κ1) is 20.7. The van der Waals surface area contributed by atoms with E-state index in [4.69, 9.17) is 16.3 Å². The molecule has 2 atom stereocenters. The van der Waals surface area contributed by atoms with E-state index < -0.39 is 0 Å². The number of rotatable bonds is 5. The van der Waals surface area contributed by atoms with Crippen LogP contribution in [0.1, 0.15) is 24.9 Å². The predicted octanol–water partition coefficient (Wildman–Crippen LogP) is 3.98. The summed E-state index contributed by atoms with van der Waals surface area (Å²) in [7, 11) is 0. The van der Waals surface area contributed by atoms with Crippen molar-refractivity contribution < 1.29 is 9.53 Å². The molecule has 0 bridgehead atoms. The molecule has 0 aliphatic carbocycles. The molecule has 3 rings (SSSR count). The normalized spacial score (nSPS) is 17.8. The lowest BCUT2D eigenvalue weighted by Gasteiger charge is -2.24. The summed E-state index contributed by atoms with van der Waals surface area (Å²) < 4.78 is 5.41. The van der Waals surface area contributed by atoms with Crippen LogP contribution in [-0.2, 0) is 9.53 Å². The third-order valence-electron chi connectivity index (χ3n) is 4.39. The van der Waals surface area contributed by atoms with E-state index in [0.29, 0.717) is 24.7 Å². The van der Waals surface area contributed by atoms with Gasteiger partial charge in [0, 0.05) is 24.0 Å². The Labute approximate surface area is 165 Å². The van der Waals surface area contributed by atoms with Crippen molar-refractivity contribution in [1.29, 1.82) is 0 Å². The van der Waals surface area contributed by atoms with Gasteiger partial charge in [0.1, 0.15) is 0 Å². The van der Waals surface area contributed by atoms with E-state index in [1.165, 1.54) is 0 Å². The average Bonchev–Trinajstić information content (AvgIpc) is 2.63. The fourth-order valence-electron chi connectivity index (χ4n) is 3.12. The fraction of sp³-hybridized carbons (Fsp3) is 0.350. The van der Waals surface area contributed by atoms with Crippen molar-refractivity contribution in [3.05, 3.63) is 59.1 Å². The Morgan fingerprint density at radius 2 is 2.00 bits per heavy atom. The highest BCUT2D eigenvalue weighted by Crippen LogP contribution is 2.29. The zero-order valence-corrected chi connectivity index (χ0v) is 16.3. The van der Waals surface area contributed by atoms with Crippen LogP contribution in [0.5, 0.6) is 0 Å². The molecule has 1 saturated heterocycles. The number of hydrogen-bond donors (Lipinski definition) is 2. The summed E-state index contributed by atoms with van der Waals surface area (Å²) in [5.41, 5.74) is 3.28. The smallest absolute Gasteiger partial charge is 0.222 e. The van der Waals surface area contributed by atoms with Crippen LogP contribution in [-0.4, -0.2) is 31.7 Å². The molecular weight excluding hydrogens is 371 g/mol. The van der Waals surface area contributed by atoms with Crippen LogP contribution in [0.4, 0.5) is 0 Å². The summed E-state index contributed by atoms with van der Waals surface area (Å²) in [6, 6.07) is 15.9. The Kier molecular flexibility index (Phi) is 7.91. The van der Waals surface area contributed by atoms with Gasteiger partial charge in [-0.1, -0.05) is 48.0 Å². The molecule has 6 heteroatoms. The number of ether oxygens (including phenoxy) is 1. The van der Waals surface area contributed by atoms with Crippen LogP contribution >= 0.6 is 24.0 Å². The van der Waals surface area contributed by atoms with E-state index in [9.17, 15) is 4.79 Å². The number of halogens is 2. The van der Waals surface area contributed by atoms with E-state index in [2.05, 4.69) is 22.8 Å². The van der Waals surface area contributed by atoms with E-state index in [1.54, 1.807) is 0 Å². The van der Waals surface area contributed by atoms with Gasteiger partial charge in [-0.2, -0.15) is 0 Å². The molecule has 2 aromatic carbocycles. The molecule has 4 nitrogen and oxygen atoms in total. The van der Waals surface area contributed by atoms with Crippen LogP contribution in [0.2, 0.25) is 5.02 Å². The Balaban J connectivity index is 0.00000243. The third kappa shape index (κ3) is 5.45. The maximum atomic E-state index is 12.4. The Morgan fingerprint density at radius 1 is 1.27 bits per heavy atom. The van der Waals surface area contributed by atoms with Crippen LogP contribution in [0, 0.1) is 0 Å². The zero-order chi connectivity index (χ0) is 17.6. The van der Waals surface area contributed by atoms with Gasteiger partial charge in [0.25, 0.3) is 0 Å². The van der Waals surface area contributed by atoms with Gasteiger partial charge in [-0.15, -0.1) is 12.4 Å². The van der Waals surface area contributed by atoms with E-state index in [0.717, 1.165) is 23.2 Å². The van der Waals surface area contributed by atoms with Gasteiger partial charge in [-0.3, -0.25) is 4.79 Å². The zero-order valence-electron chi connectivity index (χ0n) is 14.7. The van der Waals surface area contributed by atoms with Crippen molar-refractivity contribution in [1.82, 2.24) is 10.6 Å². The Bertz CT molecular complexity index is 716. The predicted molar refractivity (Wildman–Crippen MR) is 108 cm³/mol. The second-order valence-corrected chi connectivity index (χ2v) is 6.75. The highest BCUT2D eigenvalue weighted by molar-refractivity contribution is 6.30. The summed E-state index contributed by atoms with van der Waals surface area (Å²) in [5, 5.41) is 7.12. The molecule has 0 radical (unpaired) electrons. The van der Waals surface area contributed by atoms with Gasteiger partial charge in [0.15, 0.2) is 0 Å². The summed E-state index contributed by atoms with van der Waals surface area (Å²) in [5.74, 6) is 0.0291. The van der Waals surface area contributed by atoms with Gasteiger partial charge in [0.2, 0.25) is 5.91 Å². The molecule has 1 heterocycles. The summed E-state index contributed by atoms with van der Waals surface area (Å²) in [6.07, 6.45) is 0.424. The number of carbonyl (C=O) groups is 1. The molecule has 1 amide bonds. The highest BCUT2D eigenvalue weighted by Gasteiger charge is 2.19. The van der Waals surface area contributed by atoms with Crippen LogP contribution in [0.25, 0.3) is 11.1 Å². The molecule has 2 N–H and O–H groups in total. The maximum Gasteiger partial charge on any atom is 0.222 e. The molecule has 140 valence electrons. The second-order valence-electron chi connectivity index (χ2n) is 6.31. The topological polar surface area (TPSA) is 50.4 Å². The molecule has 0 aromatic heterocycles. The van der Waals surface area contributed by atoms with Crippen molar-refractivity contribution in [2.75, 3.05) is 19.8 Å². The van der Waals surface area contributed by atoms with E-state index >= 15 is 0 Å². The minimum Gasteiger partial charge on any atom is -0.378 e. The molecule has 0 spiro atoms. The van der Waals surface area contributed by atoms with E-state index in [-0.39, 0.29) is 30.4 Å². The van der Waals surface area contributed by atoms with Crippen molar-refractivity contribution in [3.63, 3.8) is 0 Å². The molecule has 26 heavy (non-hydrogen) atoms. The lowest BCUT2D eigenvalue weighted by atomic mass is 9.95. The van der Waals surface area contributed by atoms with Crippen molar-refractivity contribution in [2.45, 2.75) is 25.4 Å². The quantitative estimate of drug-likeness (QED) is 0.805. The van der Waals surface area contributed by atoms with Crippen LogP contribution < -0.4 is 10.6 Å². The number of morpholine rings is 1. The molecule has 0 saturated carbocycles. The standard InChI is InChI=1S/C20H23ClN2O2.ClH/c1-14(23-20(24)12-17-13-25-11-10-22-17)18-4-2-3-5-19(18)15-6-8-16(21)9-7-15;/h2-9,14,17,22H,10-13H2,1H3,(H,23,24);1H. The van der Waals surface area contributed by atoms with Crippen LogP contribution in [0.15, 0.2) is 48.5 Å². The highest BCUT2D eigenvalue weighted by atomic mass is 35.5. The molecule has 1 aliphatic heterocycles. The first-order chi connectivity index (χ1) is 12.1. The Morgan fingerprint density at radius 3 is 2.69 bits per heavy atom. The Hall–Kier alpha value is -1.59. The van der Waals surface area contributed by atoms with Gasteiger partial charge in [0.05, 0.1) is 19.3 Å². The molecule has 1 aliphatic rings. The van der Waals surface area contributed by atoms with Crippen LogP contribution in [0.3, 0.4) is 0 Å². The lowest BCUT2D eigenvalue weighted by Crippen LogP contribution is -2.44. The summed E-state index contributed by atoms with van der Waals surface area (Å²) in [6.45, 7) is 4.11. The fourth-order valence-corrected chi connectivity index (χ4v) is 3.25. The average molecular weight is 395 g/mol. The minimum absolute atomic E-state index is 0. The summed E-state index contributed by atoms with van der Waals surface area (Å²) in [4.78, 5) is 12.4. The maximum absolute atomic E-state index is 12.4. The van der Waals surface area contributed by atoms with Crippen molar-refractivity contribution in [2.24, 2.45) is 0 Å². The first-order valence-corrected chi connectivity index (χ1v) is 8.96. The van der Waals surface area contributed by atoms with Gasteiger partial charge < -0.3 is 15.4 Å². The minimum atomic E-state index is -0.0797. The number of nitrogens with one attached hydrogen (secondary N) is 2. The number of benzene rings is 2. The number of hydrogen-bond acceptors (Lipinski definition) is 3. The van der Waals surface area contributed by atoms with E-state index in [1.807, 2.05) is 43.3 Å². The number of carbonyl (C=O) groups excluding carboxylic acids is 1. The van der Waals surface area contributed by atoms with Crippen molar-refractivity contribution in [3.8, 4) is 11.1 Å². The van der Waals surface area contributed by atoms with Gasteiger partial charge >= 0.3 is 0 Å². The first-order valence-electron chi connectivity index (χ1n) is 8.59. The SMILES string of the molecule is CC(NC(=O)CC1COCCN1)c1ccccc1-c1ccc(Cl)cc1.Cl. The summed E-state index contributed by atoms with van der Waals surface area (Å²) >= 11 is 5.99. The number of amides is 1. The molecular formula is C20H24Cl2N2O2. The molecule has 2 aromatic rings.